The lowest BCUT2D eigenvalue weighted by Gasteiger charge is -2.08. The predicted molar refractivity (Wildman–Crippen MR) is 48.0 cm³/mol. The molecule has 0 aromatic carbocycles. The molecule has 1 aromatic rings. The van der Waals surface area contributed by atoms with Gasteiger partial charge in [0.15, 0.2) is 0 Å². The van der Waals surface area contributed by atoms with Gasteiger partial charge in [0, 0.05) is 24.5 Å². The molecular weight excluding hydrogens is 150 g/mol. The van der Waals surface area contributed by atoms with Crippen LogP contribution in [-0.2, 0) is 0 Å². The van der Waals surface area contributed by atoms with Crippen LogP contribution in [0.5, 0.6) is 0 Å². The maximum absolute atomic E-state index is 4.23. The summed E-state index contributed by atoms with van der Waals surface area (Å²) < 4.78 is 0. The highest BCUT2D eigenvalue weighted by molar-refractivity contribution is 5.60. The van der Waals surface area contributed by atoms with Crippen molar-refractivity contribution < 1.29 is 0 Å². The van der Waals surface area contributed by atoms with Crippen molar-refractivity contribution in [1.82, 2.24) is 10.4 Å². The topological polar surface area (TPSA) is 37.3 Å². The van der Waals surface area contributed by atoms with E-state index in [2.05, 4.69) is 21.6 Å². The normalized spacial score (nSPS) is 20.9. The maximum Gasteiger partial charge on any atom is 0.0754 e. The minimum Gasteiger partial charge on any atom is -0.302 e. The summed E-state index contributed by atoms with van der Waals surface area (Å²) in [4.78, 5) is 4.23. The first-order valence-corrected chi connectivity index (χ1v) is 4.06. The molecule has 1 N–H and O–H groups in total. The van der Waals surface area contributed by atoms with Crippen LogP contribution in [0.25, 0.3) is 0 Å². The van der Waals surface area contributed by atoms with Gasteiger partial charge in [0.25, 0.3) is 0 Å². The van der Waals surface area contributed by atoms with Gasteiger partial charge in [0.1, 0.15) is 0 Å². The Balaban J connectivity index is 2.18. The van der Waals surface area contributed by atoms with E-state index >= 15 is 0 Å². The predicted octanol–water partition coefficient (Wildman–Crippen LogP) is 1.41. The van der Waals surface area contributed by atoms with Gasteiger partial charge in [0.05, 0.1) is 6.04 Å². The van der Waals surface area contributed by atoms with Crippen LogP contribution in [0, 0.1) is 6.92 Å². The number of nitrogens with one attached hydrogen (secondary N) is 1. The smallest absolute Gasteiger partial charge is 0.0754 e. The fraction of sp³-hybridized carbons (Fsp3) is 0.333. The van der Waals surface area contributed by atoms with E-state index in [-0.39, 0.29) is 0 Å². The van der Waals surface area contributed by atoms with E-state index in [9.17, 15) is 0 Å². The van der Waals surface area contributed by atoms with E-state index < -0.39 is 0 Å². The third-order valence-corrected chi connectivity index (χ3v) is 2.00. The van der Waals surface area contributed by atoms with Crippen molar-refractivity contribution in [3.05, 3.63) is 29.6 Å². The Labute approximate surface area is 71.5 Å². The second-order valence-corrected chi connectivity index (χ2v) is 2.96. The molecule has 1 aromatic heterocycles. The maximum atomic E-state index is 4.23. The van der Waals surface area contributed by atoms with Crippen molar-refractivity contribution in [2.45, 2.75) is 19.4 Å². The molecule has 0 radical (unpaired) electrons. The molecule has 3 nitrogen and oxygen atoms in total. The zero-order chi connectivity index (χ0) is 8.39. The summed E-state index contributed by atoms with van der Waals surface area (Å²) >= 11 is 0. The Morgan fingerprint density at radius 2 is 2.42 bits per heavy atom. The van der Waals surface area contributed by atoms with E-state index in [1.807, 2.05) is 25.4 Å². The molecule has 2 heterocycles. The molecule has 3 heteroatoms. The number of hydrazone groups is 1. The Kier molecular flexibility index (Phi) is 1.78. The lowest BCUT2D eigenvalue weighted by molar-refractivity contribution is 0.617. The van der Waals surface area contributed by atoms with Gasteiger partial charge >= 0.3 is 0 Å². The minimum atomic E-state index is 0.332. The highest BCUT2D eigenvalue weighted by Gasteiger charge is 2.12. The first-order chi connectivity index (χ1) is 5.86. The molecule has 1 atom stereocenters. The summed E-state index contributed by atoms with van der Waals surface area (Å²) in [6, 6.07) is 4.45. The van der Waals surface area contributed by atoms with Crippen molar-refractivity contribution in [2.75, 3.05) is 0 Å². The van der Waals surface area contributed by atoms with E-state index in [1.54, 1.807) is 0 Å². The quantitative estimate of drug-likeness (QED) is 0.676. The van der Waals surface area contributed by atoms with Crippen molar-refractivity contribution in [3.8, 4) is 0 Å². The second-order valence-electron chi connectivity index (χ2n) is 2.96. The first kappa shape index (κ1) is 7.28. The van der Waals surface area contributed by atoms with Gasteiger partial charge in [-0.3, -0.25) is 4.98 Å². The van der Waals surface area contributed by atoms with Crippen molar-refractivity contribution in [2.24, 2.45) is 5.10 Å². The van der Waals surface area contributed by atoms with Gasteiger partial charge in [-0.2, -0.15) is 5.10 Å². The van der Waals surface area contributed by atoms with Crippen LogP contribution in [0.3, 0.4) is 0 Å². The van der Waals surface area contributed by atoms with E-state index in [0.717, 1.165) is 12.1 Å². The summed E-state index contributed by atoms with van der Waals surface area (Å²) in [5.41, 5.74) is 5.28. The first-order valence-electron chi connectivity index (χ1n) is 4.06. The molecule has 2 rings (SSSR count). The van der Waals surface area contributed by atoms with Crippen LogP contribution in [0.2, 0.25) is 0 Å². The van der Waals surface area contributed by atoms with Crippen LogP contribution in [0.1, 0.15) is 23.7 Å². The second kappa shape index (κ2) is 2.93. The standard InChI is InChI=1S/C9H11N3/c1-7-2-3-8(6-10-7)9-4-5-11-12-9/h2-3,5-6,9,12H,4H2,1H3. The molecule has 0 aliphatic carbocycles. The summed E-state index contributed by atoms with van der Waals surface area (Å²) in [6.07, 6.45) is 4.76. The summed E-state index contributed by atoms with van der Waals surface area (Å²) in [6.45, 7) is 1.99. The highest BCUT2D eigenvalue weighted by Crippen LogP contribution is 2.17. The molecule has 0 bridgehead atoms. The van der Waals surface area contributed by atoms with Gasteiger partial charge in [-0.05, 0) is 18.6 Å². The molecule has 1 aliphatic rings. The molecule has 0 amide bonds. The average Bonchev–Trinajstić information content (AvgIpc) is 2.58. The largest absolute Gasteiger partial charge is 0.302 e. The lowest BCUT2D eigenvalue weighted by atomic mass is 10.1. The molecule has 0 saturated carbocycles. The Hall–Kier alpha value is -1.38. The van der Waals surface area contributed by atoms with Crippen LogP contribution < -0.4 is 5.43 Å². The Morgan fingerprint density at radius 1 is 1.50 bits per heavy atom. The number of aryl methyl sites for hydroxylation is 1. The van der Waals surface area contributed by atoms with Gasteiger partial charge in [-0.1, -0.05) is 6.07 Å². The van der Waals surface area contributed by atoms with Crippen molar-refractivity contribution in [3.63, 3.8) is 0 Å². The van der Waals surface area contributed by atoms with Crippen molar-refractivity contribution >= 4 is 6.21 Å². The zero-order valence-corrected chi connectivity index (χ0v) is 6.99. The minimum absolute atomic E-state index is 0.332. The summed E-state index contributed by atoms with van der Waals surface area (Å²) in [5.74, 6) is 0. The fourth-order valence-corrected chi connectivity index (χ4v) is 1.25. The third kappa shape index (κ3) is 1.30. The van der Waals surface area contributed by atoms with Gasteiger partial charge in [-0.25, -0.2) is 0 Å². The summed E-state index contributed by atoms with van der Waals surface area (Å²) in [5, 5.41) is 3.96. The number of aromatic nitrogens is 1. The monoisotopic (exact) mass is 161 g/mol. The number of hydrogen-bond acceptors (Lipinski definition) is 3. The number of pyridine rings is 1. The van der Waals surface area contributed by atoms with E-state index in [4.69, 9.17) is 0 Å². The molecule has 0 saturated heterocycles. The zero-order valence-electron chi connectivity index (χ0n) is 6.99. The van der Waals surface area contributed by atoms with E-state index in [1.165, 1.54) is 5.56 Å². The van der Waals surface area contributed by atoms with Crippen LogP contribution in [-0.4, -0.2) is 11.2 Å². The van der Waals surface area contributed by atoms with Crippen LogP contribution in [0.15, 0.2) is 23.4 Å². The molecule has 62 valence electrons. The van der Waals surface area contributed by atoms with Crippen molar-refractivity contribution in [1.29, 1.82) is 0 Å². The molecular formula is C9H11N3. The van der Waals surface area contributed by atoms with Gasteiger partial charge < -0.3 is 5.43 Å². The fourth-order valence-electron chi connectivity index (χ4n) is 1.25. The SMILES string of the molecule is Cc1ccc(C2CC=NN2)cn1. The molecule has 0 fully saturated rings. The Bertz CT molecular complexity index is 281. The number of nitrogens with zero attached hydrogens (tertiary/aromatic N) is 2. The average molecular weight is 161 g/mol. The number of hydrogen-bond donors (Lipinski definition) is 1. The van der Waals surface area contributed by atoms with Gasteiger partial charge in [-0.15, -0.1) is 0 Å². The Morgan fingerprint density at radius 3 is 3.00 bits per heavy atom. The van der Waals surface area contributed by atoms with Gasteiger partial charge in [0.2, 0.25) is 0 Å². The van der Waals surface area contributed by atoms with Crippen LogP contribution in [0.4, 0.5) is 0 Å². The lowest BCUT2D eigenvalue weighted by Crippen LogP contribution is -2.09. The summed E-state index contributed by atoms with van der Waals surface area (Å²) in [7, 11) is 0. The number of rotatable bonds is 1. The molecule has 1 unspecified atom stereocenters. The molecule has 1 aliphatic heterocycles. The molecule has 12 heavy (non-hydrogen) atoms. The molecule has 0 spiro atoms. The highest BCUT2D eigenvalue weighted by atomic mass is 15.3. The van der Waals surface area contributed by atoms with E-state index in [0.29, 0.717) is 6.04 Å². The third-order valence-electron chi connectivity index (χ3n) is 2.00. The van der Waals surface area contributed by atoms with Crippen LogP contribution >= 0.6 is 0 Å².